The van der Waals surface area contributed by atoms with E-state index in [1.54, 1.807) is 30.0 Å². The topological polar surface area (TPSA) is 120 Å². The zero-order valence-electron chi connectivity index (χ0n) is 18.2. The van der Waals surface area contributed by atoms with Crippen molar-refractivity contribution in [2.24, 2.45) is 0 Å². The molecule has 0 bridgehead atoms. The fraction of sp³-hybridized carbons (Fsp3) is 0.476. The van der Waals surface area contributed by atoms with Crippen molar-refractivity contribution in [3.63, 3.8) is 0 Å². The van der Waals surface area contributed by atoms with E-state index in [4.69, 9.17) is 9.15 Å². The van der Waals surface area contributed by atoms with Crippen molar-refractivity contribution < 1.29 is 22.4 Å². The number of nitrogens with zero attached hydrogens (tertiary/aromatic N) is 4. The molecule has 1 aromatic carbocycles. The van der Waals surface area contributed by atoms with E-state index in [1.807, 2.05) is 13.0 Å². The number of aromatic nitrogens is 3. The molecular weight excluding hydrogens is 434 g/mol. The molecule has 3 aromatic rings. The molecule has 4 rings (SSSR count). The molecule has 1 amide bonds. The van der Waals surface area contributed by atoms with Gasteiger partial charge in [-0.25, -0.2) is 13.1 Å². The number of rotatable bonds is 8. The van der Waals surface area contributed by atoms with Crippen molar-refractivity contribution >= 4 is 27.0 Å². The number of benzene rings is 1. The summed E-state index contributed by atoms with van der Waals surface area (Å²) in [5.41, 5.74) is 1.20. The van der Waals surface area contributed by atoms with Crippen LogP contribution in [0.25, 0.3) is 11.0 Å². The predicted octanol–water partition coefficient (Wildman–Crippen LogP) is 1.84. The number of carbonyl (C=O) groups is 1. The number of hydrogen-bond donors (Lipinski definition) is 1. The highest BCUT2D eigenvalue weighted by Crippen LogP contribution is 2.27. The van der Waals surface area contributed by atoms with Gasteiger partial charge in [-0.3, -0.25) is 4.79 Å². The number of fused-ring (bicyclic) bond motifs is 1. The first-order valence-corrected chi connectivity index (χ1v) is 12.0. The third kappa shape index (κ3) is 4.54. The first-order valence-electron chi connectivity index (χ1n) is 10.6. The Hall–Kier alpha value is -2.76. The molecule has 0 spiro atoms. The monoisotopic (exact) mass is 461 g/mol. The van der Waals surface area contributed by atoms with Gasteiger partial charge in [0.2, 0.25) is 15.9 Å². The van der Waals surface area contributed by atoms with E-state index in [-0.39, 0.29) is 17.3 Å². The van der Waals surface area contributed by atoms with Gasteiger partial charge in [0.15, 0.2) is 0 Å². The molecule has 1 saturated heterocycles. The van der Waals surface area contributed by atoms with Gasteiger partial charge in [-0.05, 0) is 50.1 Å². The van der Waals surface area contributed by atoms with Crippen LogP contribution in [0.15, 0.2) is 39.6 Å². The first kappa shape index (κ1) is 22.4. The molecule has 10 nitrogen and oxygen atoms in total. The molecule has 0 unspecified atom stereocenters. The summed E-state index contributed by atoms with van der Waals surface area (Å²) in [5, 5.41) is 11.0. The summed E-state index contributed by atoms with van der Waals surface area (Å²) in [6, 6.07) is 7.59. The third-order valence-corrected chi connectivity index (χ3v) is 7.49. The molecule has 1 fully saturated rings. The van der Waals surface area contributed by atoms with E-state index in [1.165, 1.54) is 10.4 Å². The van der Waals surface area contributed by atoms with Gasteiger partial charge in [0, 0.05) is 13.7 Å². The van der Waals surface area contributed by atoms with E-state index in [0.717, 1.165) is 17.7 Å². The first-order chi connectivity index (χ1) is 15.4. The number of amides is 1. The van der Waals surface area contributed by atoms with Crippen LogP contribution in [0.1, 0.15) is 30.8 Å². The van der Waals surface area contributed by atoms with Crippen LogP contribution in [0.5, 0.6) is 0 Å². The van der Waals surface area contributed by atoms with Crippen LogP contribution in [-0.2, 0) is 32.6 Å². The molecule has 1 aliphatic heterocycles. The van der Waals surface area contributed by atoms with Gasteiger partial charge >= 0.3 is 0 Å². The summed E-state index contributed by atoms with van der Waals surface area (Å²) >= 11 is 0. The fourth-order valence-electron chi connectivity index (χ4n) is 3.92. The Morgan fingerprint density at radius 1 is 1.28 bits per heavy atom. The van der Waals surface area contributed by atoms with Crippen molar-refractivity contribution in [1.82, 2.24) is 24.6 Å². The Balaban J connectivity index is 1.54. The summed E-state index contributed by atoms with van der Waals surface area (Å²) in [5.74, 6) is 1.06. The maximum absolute atomic E-state index is 13.5. The minimum atomic E-state index is -3.89. The summed E-state index contributed by atoms with van der Waals surface area (Å²) in [6.07, 6.45) is 1.96. The summed E-state index contributed by atoms with van der Waals surface area (Å²) in [6.45, 7) is 3.32. The molecule has 3 heterocycles. The highest BCUT2D eigenvalue weighted by atomic mass is 32.2. The lowest BCUT2D eigenvalue weighted by atomic mass is 10.0. The summed E-state index contributed by atoms with van der Waals surface area (Å²) in [4.78, 5) is 13.0. The van der Waals surface area contributed by atoms with Crippen LogP contribution in [0.4, 0.5) is 0 Å². The van der Waals surface area contributed by atoms with Crippen LogP contribution >= 0.6 is 0 Å². The molecule has 1 atom stereocenters. The normalized spacial score (nSPS) is 17.6. The lowest BCUT2D eigenvalue weighted by Crippen LogP contribution is -2.51. The number of piperidine rings is 1. The molecule has 0 saturated carbocycles. The molecule has 172 valence electrons. The summed E-state index contributed by atoms with van der Waals surface area (Å²) < 4.78 is 40.4. The quantitative estimate of drug-likeness (QED) is 0.543. The van der Waals surface area contributed by atoms with Gasteiger partial charge in [0.05, 0.1) is 30.1 Å². The van der Waals surface area contributed by atoms with Gasteiger partial charge in [-0.1, -0.05) is 11.6 Å². The van der Waals surface area contributed by atoms with Gasteiger partial charge in [-0.2, -0.15) is 4.31 Å². The average molecular weight is 462 g/mol. The van der Waals surface area contributed by atoms with Crippen molar-refractivity contribution in [3.8, 4) is 0 Å². The SMILES string of the molecule is COCCn1nnc2cc(S(=O)(=O)N3CCCC[C@@H]3C(=O)NCc3ccc(C)o3)ccc21. The Labute approximate surface area is 186 Å². The summed E-state index contributed by atoms with van der Waals surface area (Å²) in [7, 11) is -2.29. The van der Waals surface area contributed by atoms with E-state index >= 15 is 0 Å². The van der Waals surface area contributed by atoms with Gasteiger partial charge in [0.25, 0.3) is 0 Å². The van der Waals surface area contributed by atoms with E-state index < -0.39 is 16.1 Å². The number of methoxy groups -OCH3 is 1. The van der Waals surface area contributed by atoms with Crippen LogP contribution in [0, 0.1) is 6.92 Å². The number of aryl methyl sites for hydroxylation is 1. The molecule has 0 radical (unpaired) electrons. The third-order valence-electron chi connectivity index (χ3n) is 5.59. The minimum absolute atomic E-state index is 0.102. The van der Waals surface area contributed by atoms with Gasteiger partial charge in [0.1, 0.15) is 23.1 Å². The highest BCUT2D eigenvalue weighted by molar-refractivity contribution is 7.89. The molecule has 11 heteroatoms. The number of carbonyl (C=O) groups excluding carboxylic acids is 1. The second-order valence-electron chi connectivity index (χ2n) is 7.81. The van der Waals surface area contributed by atoms with Crippen LogP contribution < -0.4 is 5.32 Å². The second kappa shape index (κ2) is 9.39. The van der Waals surface area contributed by atoms with E-state index in [0.29, 0.717) is 43.8 Å². The largest absolute Gasteiger partial charge is 0.465 e. The lowest BCUT2D eigenvalue weighted by molar-refractivity contribution is -0.125. The number of sulfonamides is 1. The standard InChI is InChI=1S/C21H27N5O5S/c1-15-6-7-16(31-15)14-22-21(27)20-5-3-4-10-26(20)32(28,29)17-8-9-19-18(13-17)23-24-25(19)11-12-30-2/h6-9,13,20H,3-5,10-12,14H2,1-2H3,(H,22,27)/t20-/m1/s1. The van der Waals surface area contributed by atoms with Gasteiger partial charge < -0.3 is 14.5 Å². The number of ether oxygens (including phenoxy) is 1. The van der Waals surface area contributed by atoms with E-state index in [9.17, 15) is 13.2 Å². The van der Waals surface area contributed by atoms with E-state index in [2.05, 4.69) is 15.6 Å². The molecule has 1 aliphatic rings. The molecular formula is C21H27N5O5S. The Kier molecular flexibility index (Phi) is 6.58. The predicted molar refractivity (Wildman–Crippen MR) is 116 cm³/mol. The Morgan fingerprint density at radius 3 is 2.88 bits per heavy atom. The minimum Gasteiger partial charge on any atom is -0.465 e. The van der Waals surface area contributed by atoms with Crippen molar-refractivity contribution in [2.75, 3.05) is 20.3 Å². The molecule has 32 heavy (non-hydrogen) atoms. The maximum Gasteiger partial charge on any atom is 0.243 e. The molecule has 2 aromatic heterocycles. The molecule has 0 aliphatic carbocycles. The zero-order valence-corrected chi connectivity index (χ0v) is 19.0. The van der Waals surface area contributed by atoms with Gasteiger partial charge in [-0.15, -0.1) is 5.10 Å². The lowest BCUT2D eigenvalue weighted by Gasteiger charge is -2.33. The van der Waals surface area contributed by atoms with Crippen LogP contribution in [0.2, 0.25) is 0 Å². The zero-order chi connectivity index (χ0) is 22.7. The second-order valence-corrected chi connectivity index (χ2v) is 9.70. The Morgan fingerprint density at radius 2 is 2.12 bits per heavy atom. The number of hydrogen-bond acceptors (Lipinski definition) is 7. The average Bonchev–Trinajstić information content (AvgIpc) is 3.41. The number of nitrogens with one attached hydrogen (secondary N) is 1. The van der Waals surface area contributed by atoms with Crippen molar-refractivity contribution in [1.29, 1.82) is 0 Å². The number of furan rings is 1. The molecule has 1 N–H and O–H groups in total. The Bertz CT molecular complexity index is 1200. The smallest absolute Gasteiger partial charge is 0.243 e. The highest BCUT2D eigenvalue weighted by Gasteiger charge is 2.37. The van der Waals surface area contributed by atoms with Crippen molar-refractivity contribution in [2.45, 2.75) is 50.2 Å². The maximum atomic E-state index is 13.5. The van der Waals surface area contributed by atoms with Crippen LogP contribution in [-0.4, -0.2) is 59.9 Å². The van der Waals surface area contributed by atoms with Crippen molar-refractivity contribution in [3.05, 3.63) is 41.9 Å². The van der Waals surface area contributed by atoms with Crippen LogP contribution in [0.3, 0.4) is 0 Å². The fourth-order valence-corrected chi connectivity index (χ4v) is 5.59.